The first kappa shape index (κ1) is 12.7. The molecule has 1 saturated heterocycles. The van der Waals surface area contributed by atoms with E-state index in [1.807, 2.05) is 4.90 Å². The highest BCUT2D eigenvalue weighted by atomic mass is 16.5. The highest BCUT2D eigenvalue weighted by Crippen LogP contribution is 2.44. The number of fused-ring (bicyclic) bond motifs is 2. The monoisotopic (exact) mass is 263 g/mol. The molecule has 0 N–H and O–H groups in total. The summed E-state index contributed by atoms with van der Waals surface area (Å²) in [5.74, 6) is 1.16. The van der Waals surface area contributed by atoms with E-state index in [2.05, 4.69) is 12.2 Å². The number of carbonyl (C=O) groups is 2. The first-order valence-electron chi connectivity index (χ1n) is 7.24. The molecule has 4 heteroatoms. The van der Waals surface area contributed by atoms with Gasteiger partial charge in [-0.3, -0.25) is 9.59 Å². The van der Waals surface area contributed by atoms with Gasteiger partial charge in [-0.1, -0.05) is 12.2 Å². The lowest BCUT2D eigenvalue weighted by molar-refractivity contribution is -0.150. The summed E-state index contributed by atoms with van der Waals surface area (Å²) in [4.78, 5) is 26.1. The average molecular weight is 263 g/mol. The van der Waals surface area contributed by atoms with Crippen molar-refractivity contribution >= 4 is 11.9 Å². The third-order valence-electron chi connectivity index (χ3n) is 4.86. The van der Waals surface area contributed by atoms with Crippen LogP contribution in [0.2, 0.25) is 0 Å². The Morgan fingerprint density at radius 1 is 1.26 bits per heavy atom. The number of carbonyl (C=O) groups excluding carboxylic acids is 2. The number of methoxy groups -OCH3 is 1. The van der Waals surface area contributed by atoms with Crippen molar-refractivity contribution in [2.45, 2.75) is 25.7 Å². The second-order valence-corrected chi connectivity index (χ2v) is 6.03. The largest absolute Gasteiger partial charge is 0.469 e. The van der Waals surface area contributed by atoms with Crippen LogP contribution in [0.15, 0.2) is 12.2 Å². The number of likely N-dealkylation sites (tertiary alicyclic amines) is 1. The summed E-state index contributed by atoms with van der Waals surface area (Å²) in [6.45, 7) is 1.34. The van der Waals surface area contributed by atoms with Crippen LogP contribution < -0.4 is 0 Å². The molecule has 4 atom stereocenters. The van der Waals surface area contributed by atoms with Crippen molar-refractivity contribution in [3.8, 4) is 0 Å². The maximum atomic E-state index is 12.6. The quantitative estimate of drug-likeness (QED) is 0.561. The maximum absolute atomic E-state index is 12.6. The maximum Gasteiger partial charge on any atom is 0.310 e. The van der Waals surface area contributed by atoms with Crippen molar-refractivity contribution in [3.63, 3.8) is 0 Å². The molecule has 2 aliphatic carbocycles. The van der Waals surface area contributed by atoms with Crippen molar-refractivity contribution in [2.75, 3.05) is 20.2 Å². The molecule has 2 bridgehead atoms. The lowest BCUT2D eigenvalue weighted by Gasteiger charge is -2.34. The fourth-order valence-electron chi connectivity index (χ4n) is 3.84. The molecular formula is C15H21NO3. The predicted molar refractivity (Wildman–Crippen MR) is 70.2 cm³/mol. The summed E-state index contributed by atoms with van der Waals surface area (Å²) in [6, 6.07) is 0. The second kappa shape index (κ2) is 4.99. The molecule has 0 spiro atoms. The number of allylic oxidation sites excluding steroid dienone is 2. The predicted octanol–water partition coefficient (Wildman–Crippen LogP) is 1.61. The Morgan fingerprint density at radius 2 is 2.11 bits per heavy atom. The summed E-state index contributed by atoms with van der Waals surface area (Å²) >= 11 is 0. The van der Waals surface area contributed by atoms with Gasteiger partial charge in [0.2, 0.25) is 5.91 Å². The highest BCUT2D eigenvalue weighted by Gasteiger charge is 2.42. The van der Waals surface area contributed by atoms with Crippen molar-refractivity contribution in [3.05, 3.63) is 12.2 Å². The van der Waals surface area contributed by atoms with Gasteiger partial charge in [0, 0.05) is 19.0 Å². The molecule has 0 aromatic rings. The van der Waals surface area contributed by atoms with Gasteiger partial charge in [-0.15, -0.1) is 0 Å². The molecule has 4 nitrogen and oxygen atoms in total. The minimum absolute atomic E-state index is 0.128. The summed E-state index contributed by atoms with van der Waals surface area (Å²) in [5, 5.41) is 0. The second-order valence-electron chi connectivity index (χ2n) is 6.03. The van der Waals surface area contributed by atoms with Crippen LogP contribution in [-0.4, -0.2) is 37.0 Å². The van der Waals surface area contributed by atoms with E-state index in [-0.39, 0.29) is 23.7 Å². The SMILES string of the molecule is COC(=O)C1CCCN(C(=O)C2CC3C=CC2C3)C1. The smallest absolute Gasteiger partial charge is 0.310 e. The Bertz CT molecular complexity index is 418. The minimum atomic E-state index is -0.176. The van der Waals surface area contributed by atoms with E-state index in [1.54, 1.807) is 0 Å². The zero-order chi connectivity index (χ0) is 13.4. The lowest BCUT2D eigenvalue weighted by atomic mass is 9.90. The third-order valence-corrected chi connectivity index (χ3v) is 4.86. The van der Waals surface area contributed by atoms with E-state index in [0.717, 1.165) is 32.2 Å². The van der Waals surface area contributed by atoms with Gasteiger partial charge in [-0.2, -0.15) is 0 Å². The van der Waals surface area contributed by atoms with Crippen LogP contribution in [0.1, 0.15) is 25.7 Å². The van der Waals surface area contributed by atoms with Gasteiger partial charge in [-0.05, 0) is 37.5 Å². The number of ether oxygens (including phenoxy) is 1. The zero-order valence-electron chi connectivity index (χ0n) is 11.4. The Balaban J connectivity index is 1.64. The van der Waals surface area contributed by atoms with Gasteiger partial charge in [0.25, 0.3) is 0 Å². The molecule has 3 aliphatic rings. The minimum Gasteiger partial charge on any atom is -0.469 e. The van der Waals surface area contributed by atoms with E-state index in [9.17, 15) is 9.59 Å². The zero-order valence-corrected chi connectivity index (χ0v) is 11.4. The number of amides is 1. The van der Waals surface area contributed by atoms with E-state index in [0.29, 0.717) is 18.4 Å². The molecule has 1 aliphatic heterocycles. The van der Waals surface area contributed by atoms with Crippen molar-refractivity contribution in [1.82, 2.24) is 4.90 Å². The first-order chi connectivity index (χ1) is 9.19. The first-order valence-corrected chi connectivity index (χ1v) is 7.24. The molecule has 19 heavy (non-hydrogen) atoms. The molecule has 104 valence electrons. The Morgan fingerprint density at radius 3 is 2.74 bits per heavy atom. The molecule has 0 aromatic carbocycles. The molecule has 3 rings (SSSR count). The van der Waals surface area contributed by atoms with Crippen molar-refractivity contribution in [1.29, 1.82) is 0 Å². The Kier molecular flexibility index (Phi) is 3.33. The lowest BCUT2D eigenvalue weighted by Crippen LogP contribution is -2.45. The van der Waals surface area contributed by atoms with Gasteiger partial charge < -0.3 is 9.64 Å². The molecular weight excluding hydrogens is 242 g/mol. The van der Waals surface area contributed by atoms with Crippen LogP contribution in [0.25, 0.3) is 0 Å². The standard InChI is InChI=1S/C15H21NO3/c1-19-15(18)12-3-2-6-16(9-12)14(17)13-8-10-4-5-11(13)7-10/h4-5,10-13H,2-3,6-9H2,1H3. The topological polar surface area (TPSA) is 46.6 Å². The molecule has 1 amide bonds. The number of hydrogen-bond acceptors (Lipinski definition) is 3. The highest BCUT2D eigenvalue weighted by molar-refractivity contribution is 5.81. The summed E-state index contributed by atoms with van der Waals surface area (Å²) in [6.07, 6.45) is 8.35. The number of piperidine rings is 1. The van der Waals surface area contributed by atoms with Gasteiger partial charge in [0.05, 0.1) is 13.0 Å². The van der Waals surface area contributed by atoms with Crippen molar-refractivity contribution in [2.24, 2.45) is 23.7 Å². The summed E-state index contributed by atoms with van der Waals surface area (Å²) in [7, 11) is 1.42. The summed E-state index contributed by atoms with van der Waals surface area (Å²) < 4.78 is 4.80. The molecule has 4 unspecified atom stereocenters. The van der Waals surface area contributed by atoms with Gasteiger partial charge in [0.15, 0.2) is 0 Å². The van der Waals surface area contributed by atoms with Gasteiger partial charge in [-0.25, -0.2) is 0 Å². The Labute approximate surface area is 113 Å². The molecule has 0 aromatic heterocycles. The Hall–Kier alpha value is -1.32. The van der Waals surface area contributed by atoms with E-state index in [1.165, 1.54) is 7.11 Å². The van der Waals surface area contributed by atoms with Gasteiger partial charge >= 0.3 is 5.97 Å². The average Bonchev–Trinajstić information content (AvgIpc) is 3.08. The van der Waals surface area contributed by atoms with E-state index in [4.69, 9.17) is 4.74 Å². The number of hydrogen-bond donors (Lipinski definition) is 0. The number of esters is 1. The van der Waals surface area contributed by atoms with E-state index >= 15 is 0 Å². The third kappa shape index (κ3) is 2.28. The van der Waals surface area contributed by atoms with E-state index < -0.39 is 0 Å². The fourth-order valence-corrected chi connectivity index (χ4v) is 3.84. The van der Waals surface area contributed by atoms with Crippen molar-refractivity contribution < 1.29 is 14.3 Å². The normalized spacial score (nSPS) is 36.6. The summed E-state index contributed by atoms with van der Waals surface area (Å²) in [5.41, 5.74) is 0. The van der Waals surface area contributed by atoms with Crippen LogP contribution in [0.4, 0.5) is 0 Å². The van der Waals surface area contributed by atoms with Crippen LogP contribution in [0.5, 0.6) is 0 Å². The molecule has 1 heterocycles. The molecule has 2 fully saturated rings. The van der Waals surface area contributed by atoms with Crippen LogP contribution >= 0.6 is 0 Å². The van der Waals surface area contributed by atoms with Crippen LogP contribution in [0, 0.1) is 23.7 Å². The van der Waals surface area contributed by atoms with Gasteiger partial charge in [0.1, 0.15) is 0 Å². The number of nitrogens with zero attached hydrogens (tertiary/aromatic N) is 1. The molecule has 0 radical (unpaired) electrons. The number of rotatable bonds is 2. The van der Waals surface area contributed by atoms with Crippen LogP contribution in [0.3, 0.4) is 0 Å². The fraction of sp³-hybridized carbons (Fsp3) is 0.733. The molecule has 1 saturated carbocycles. The van der Waals surface area contributed by atoms with Crippen LogP contribution in [-0.2, 0) is 14.3 Å².